The maximum Gasteiger partial charge on any atom is 0.146 e. The molecule has 0 spiro atoms. The molecule has 4 nitrogen and oxygen atoms in total. The fourth-order valence-corrected chi connectivity index (χ4v) is 1.61. The summed E-state index contributed by atoms with van der Waals surface area (Å²) in [7, 11) is 0. The van der Waals surface area contributed by atoms with Crippen LogP contribution in [0.15, 0.2) is 30.3 Å². The molecule has 4 heteroatoms. The van der Waals surface area contributed by atoms with E-state index in [1.165, 1.54) is 0 Å². The number of rotatable bonds is 1. The van der Waals surface area contributed by atoms with Crippen LogP contribution in [-0.4, -0.2) is 10.2 Å². The Morgan fingerprint density at radius 3 is 2.53 bits per heavy atom. The second-order valence-electron chi connectivity index (χ2n) is 3.39. The quantitative estimate of drug-likeness (QED) is 0.317. The fraction of sp³-hybridized carbons (Fsp3) is 0.0909. The number of aromatic hydroxyl groups is 1. The van der Waals surface area contributed by atoms with Crippen LogP contribution < -0.4 is 11.5 Å². The number of anilines is 1. The van der Waals surface area contributed by atoms with Gasteiger partial charge in [0.25, 0.3) is 0 Å². The van der Waals surface area contributed by atoms with Crippen molar-refractivity contribution in [3.8, 4) is 5.75 Å². The third-order valence-corrected chi connectivity index (χ3v) is 2.41. The molecule has 0 radical (unpaired) electrons. The monoisotopic (exact) mass is 204 g/mol. The average Bonchev–Trinajstić information content (AvgIpc) is 2.23. The van der Waals surface area contributed by atoms with Crippen molar-refractivity contribution in [2.75, 3.05) is 5.73 Å². The van der Waals surface area contributed by atoms with Crippen LogP contribution in [0.4, 0.5) is 5.69 Å². The van der Waals surface area contributed by atoms with Crippen molar-refractivity contribution in [1.29, 1.82) is 0 Å². The van der Waals surface area contributed by atoms with E-state index in [0.717, 1.165) is 10.8 Å². The number of nitrogens with two attached hydrogens (primary N) is 2. The molecule has 0 saturated carbocycles. The Morgan fingerprint density at radius 1 is 1.20 bits per heavy atom. The highest BCUT2D eigenvalue weighted by atomic mass is 16.3. The van der Waals surface area contributed by atoms with Crippen molar-refractivity contribution >= 4 is 16.5 Å². The molecule has 0 aromatic heterocycles. The average molecular weight is 204 g/mol. The van der Waals surface area contributed by atoms with Gasteiger partial charge in [-0.1, -0.05) is 24.3 Å². The lowest BCUT2D eigenvalue weighted by molar-refractivity contribution is 0.182. The number of hydrogen-bond acceptors (Lipinski definition) is 4. The lowest BCUT2D eigenvalue weighted by atomic mass is 10.0. The van der Waals surface area contributed by atoms with E-state index in [9.17, 15) is 10.2 Å². The van der Waals surface area contributed by atoms with Crippen LogP contribution in [0.3, 0.4) is 0 Å². The van der Waals surface area contributed by atoms with Crippen molar-refractivity contribution in [1.82, 2.24) is 0 Å². The lowest BCUT2D eigenvalue weighted by Gasteiger charge is -2.12. The minimum absolute atomic E-state index is 0.149. The largest absolute Gasteiger partial charge is 0.505 e. The predicted molar refractivity (Wildman–Crippen MR) is 59.2 cm³/mol. The molecule has 0 bridgehead atoms. The van der Waals surface area contributed by atoms with Gasteiger partial charge in [-0.15, -0.1) is 0 Å². The summed E-state index contributed by atoms with van der Waals surface area (Å²) in [6, 6.07) is 8.96. The van der Waals surface area contributed by atoms with E-state index < -0.39 is 6.23 Å². The SMILES string of the molecule is Nc1c(O)c(C(N)O)cc2ccccc12. The van der Waals surface area contributed by atoms with Crippen LogP contribution in [0, 0.1) is 0 Å². The van der Waals surface area contributed by atoms with Gasteiger partial charge in [0.15, 0.2) is 0 Å². The van der Waals surface area contributed by atoms with Gasteiger partial charge in [0, 0.05) is 10.9 Å². The number of phenols is 1. The zero-order valence-electron chi connectivity index (χ0n) is 8.01. The first-order valence-electron chi connectivity index (χ1n) is 4.55. The molecule has 0 aliphatic rings. The highest BCUT2D eigenvalue weighted by Crippen LogP contribution is 2.35. The first-order valence-corrected chi connectivity index (χ1v) is 4.55. The van der Waals surface area contributed by atoms with Gasteiger partial charge in [-0.2, -0.15) is 0 Å². The first kappa shape index (κ1) is 9.76. The van der Waals surface area contributed by atoms with E-state index >= 15 is 0 Å². The topological polar surface area (TPSA) is 92.5 Å². The number of fused-ring (bicyclic) bond motifs is 1. The van der Waals surface area contributed by atoms with E-state index in [0.29, 0.717) is 0 Å². The van der Waals surface area contributed by atoms with Crippen LogP contribution >= 0.6 is 0 Å². The summed E-state index contributed by atoms with van der Waals surface area (Å²) in [6.45, 7) is 0. The second-order valence-corrected chi connectivity index (χ2v) is 3.39. The van der Waals surface area contributed by atoms with Gasteiger partial charge in [0.1, 0.15) is 12.0 Å². The Hall–Kier alpha value is -1.78. The summed E-state index contributed by atoms with van der Waals surface area (Å²) >= 11 is 0. The molecule has 0 heterocycles. The van der Waals surface area contributed by atoms with Crippen LogP contribution in [0.1, 0.15) is 11.8 Å². The maximum absolute atomic E-state index is 9.70. The van der Waals surface area contributed by atoms with Crippen LogP contribution in [0.5, 0.6) is 5.75 Å². The Morgan fingerprint density at radius 2 is 1.87 bits per heavy atom. The lowest BCUT2D eigenvalue weighted by Crippen LogP contribution is -2.09. The summed E-state index contributed by atoms with van der Waals surface area (Å²) in [5.41, 5.74) is 11.5. The molecule has 0 aliphatic carbocycles. The summed E-state index contributed by atoms with van der Waals surface area (Å²) in [5, 5.41) is 20.5. The Kier molecular flexibility index (Phi) is 2.22. The highest BCUT2D eigenvalue weighted by Gasteiger charge is 2.13. The minimum atomic E-state index is -1.23. The molecule has 0 amide bonds. The van der Waals surface area contributed by atoms with Crippen LogP contribution in [0.2, 0.25) is 0 Å². The number of aliphatic hydroxyl groups is 1. The second kappa shape index (κ2) is 3.42. The highest BCUT2D eigenvalue weighted by molar-refractivity contribution is 5.96. The van der Waals surface area contributed by atoms with Gasteiger partial charge in [0.2, 0.25) is 0 Å². The number of phenolic OH excluding ortho intramolecular Hbond substituents is 1. The van der Waals surface area contributed by atoms with Gasteiger partial charge in [-0.3, -0.25) is 0 Å². The van der Waals surface area contributed by atoms with Crippen molar-refractivity contribution < 1.29 is 10.2 Å². The minimum Gasteiger partial charge on any atom is -0.505 e. The van der Waals surface area contributed by atoms with E-state index in [-0.39, 0.29) is 17.0 Å². The molecule has 2 aromatic carbocycles. The number of hydrogen-bond donors (Lipinski definition) is 4. The first-order chi connectivity index (χ1) is 7.11. The maximum atomic E-state index is 9.70. The van der Waals surface area contributed by atoms with Gasteiger partial charge in [-0.05, 0) is 11.5 Å². The van der Waals surface area contributed by atoms with Crippen molar-refractivity contribution in [3.05, 3.63) is 35.9 Å². The number of benzene rings is 2. The van der Waals surface area contributed by atoms with E-state index in [2.05, 4.69) is 0 Å². The zero-order valence-corrected chi connectivity index (χ0v) is 8.01. The molecule has 0 fully saturated rings. The molecule has 2 rings (SSSR count). The fourth-order valence-electron chi connectivity index (χ4n) is 1.61. The third-order valence-electron chi connectivity index (χ3n) is 2.41. The summed E-state index contributed by atoms with van der Waals surface area (Å²) < 4.78 is 0. The molecule has 1 atom stereocenters. The van der Waals surface area contributed by atoms with Crippen molar-refractivity contribution in [3.63, 3.8) is 0 Å². The Bertz CT molecular complexity index is 509. The predicted octanol–water partition coefficient (Wildman–Crippen LogP) is 1.08. The molecule has 0 aliphatic heterocycles. The normalized spacial score (nSPS) is 12.9. The van der Waals surface area contributed by atoms with Crippen molar-refractivity contribution in [2.45, 2.75) is 6.23 Å². The van der Waals surface area contributed by atoms with Crippen LogP contribution in [-0.2, 0) is 0 Å². The van der Waals surface area contributed by atoms with Crippen LogP contribution in [0.25, 0.3) is 10.8 Å². The zero-order chi connectivity index (χ0) is 11.0. The van der Waals surface area contributed by atoms with Crippen molar-refractivity contribution in [2.24, 2.45) is 5.73 Å². The molecule has 78 valence electrons. The molecule has 15 heavy (non-hydrogen) atoms. The van der Waals surface area contributed by atoms with E-state index in [1.54, 1.807) is 12.1 Å². The van der Waals surface area contributed by atoms with Gasteiger partial charge >= 0.3 is 0 Å². The smallest absolute Gasteiger partial charge is 0.146 e. The van der Waals surface area contributed by atoms with Gasteiger partial charge in [0.05, 0.1) is 5.69 Å². The Balaban J connectivity index is 2.82. The molecule has 6 N–H and O–H groups in total. The van der Waals surface area contributed by atoms with Gasteiger partial charge in [-0.25, -0.2) is 0 Å². The summed E-state index contributed by atoms with van der Waals surface area (Å²) in [6.07, 6.45) is -1.23. The Labute approximate surface area is 86.7 Å². The standard InChI is InChI=1S/C11H12N2O2/c12-9-7-4-2-1-3-6(7)5-8(10(9)14)11(13)15/h1-5,11,14-15H,12-13H2. The number of nitrogen functional groups attached to an aromatic ring is 1. The molecular formula is C11H12N2O2. The van der Waals surface area contributed by atoms with E-state index in [4.69, 9.17) is 11.5 Å². The van der Waals surface area contributed by atoms with E-state index in [1.807, 2.05) is 18.2 Å². The molecular weight excluding hydrogens is 192 g/mol. The third kappa shape index (κ3) is 1.49. The number of aliphatic hydroxyl groups excluding tert-OH is 1. The summed E-state index contributed by atoms with van der Waals surface area (Å²) in [5.74, 6) is -0.149. The summed E-state index contributed by atoms with van der Waals surface area (Å²) in [4.78, 5) is 0. The van der Waals surface area contributed by atoms with Gasteiger partial charge < -0.3 is 21.7 Å². The molecule has 2 aromatic rings. The molecule has 1 unspecified atom stereocenters. The molecule has 0 saturated heterocycles.